The van der Waals surface area contributed by atoms with E-state index in [-0.39, 0.29) is 11.5 Å². The summed E-state index contributed by atoms with van der Waals surface area (Å²) in [5.41, 5.74) is 8.63. The van der Waals surface area contributed by atoms with Crippen LogP contribution in [0.3, 0.4) is 0 Å². The maximum atomic E-state index is 5.80. The first-order valence-electron chi connectivity index (χ1n) is 6.77. The van der Waals surface area contributed by atoms with Crippen LogP contribution in [0.2, 0.25) is 0 Å². The van der Waals surface area contributed by atoms with Crippen LogP contribution in [0.5, 0.6) is 5.75 Å². The molecule has 1 aromatic rings. The maximum Gasteiger partial charge on any atom is 0.122 e. The van der Waals surface area contributed by atoms with Crippen LogP contribution < -0.4 is 10.5 Å². The molecule has 1 unspecified atom stereocenters. The number of rotatable bonds is 5. The van der Waals surface area contributed by atoms with Gasteiger partial charge >= 0.3 is 0 Å². The van der Waals surface area contributed by atoms with Gasteiger partial charge in [-0.05, 0) is 48.8 Å². The molecule has 0 radical (unpaired) electrons. The van der Waals surface area contributed by atoms with Gasteiger partial charge in [0.05, 0.1) is 7.11 Å². The molecule has 0 saturated carbocycles. The van der Waals surface area contributed by atoms with Crippen LogP contribution in [0.1, 0.15) is 51.7 Å². The van der Waals surface area contributed by atoms with Crippen molar-refractivity contribution in [1.82, 2.24) is 0 Å². The molecule has 0 heterocycles. The normalized spacial score (nSPS) is 13.4. The molecule has 2 N–H and O–H groups in total. The highest BCUT2D eigenvalue weighted by molar-refractivity contribution is 5.39. The third kappa shape index (κ3) is 4.34. The maximum absolute atomic E-state index is 5.80. The van der Waals surface area contributed by atoms with Gasteiger partial charge in [-0.25, -0.2) is 0 Å². The summed E-state index contributed by atoms with van der Waals surface area (Å²) in [5, 5.41) is 0. The Morgan fingerprint density at radius 2 is 1.94 bits per heavy atom. The molecule has 0 spiro atoms. The van der Waals surface area contributed by atoms with Crippen LogP contribution in [0.15, 0.2) is 18.2 Å². The summed E-state index contributed by atoms with van der Waals surface area (Å²) < 4.78 is 5.44. The highest BCUT2D eigenvalue weighted by Crippen LogP contribution is 2.28. The Morgan fingerprint density at radius 3 is 2.44 bits per heavy atom. The first kappa shape index (κ1) is 15.0. The van der Waals surface area contributed by atoms with Crippen molar-refractivity contribution in [2.24, 2.45) is 5.73 Å². The Bertz CT molecular complexity index is 377. The molecule has 18 heavy (non-hydrogen) atoms. The Morgan fingerprint density at radius 1 is 1.28 bits per heavy atom. The lowest BCUT2D eigenvalue weighted by atomic mass is 9.85. The van der Waals surface area contributed by atoms with E-state index in [0.717, 1.165) is 25.0 Å². The van der Waals surface area contributed by atoms with Crippen molar-refractivity contribution in [3.05, 3.63) is 29.3 Å². The van der Waals surface area contributed by atoms with Crippen molar-refractivity contribution < 1.29 is 4.74 Å². The van der Waals surface area contributed by atoms with Gasteiger partial charge in [-0.2, -0.15) is 0 Å². The van der Waals surface area contributed by atoms with Crippen LogP contribution in [0.4, 0.5) is 0 Å². The summed E-state index contributed by atoms with van der Waals surface area (Å²) in [6.07, 6.45) is 3.21. The Hall–Kier alpha value is -1.02. The average molecular weight is 249 g/mol. The van der Waals surface area contributed by atoms with Gasteiger partial charge < -0.3 is 10.5 Å². The van der Waals surface area contributed by atoms with Gasteiger partial charge in [0.25, 0.3) is 0 Å². The van der Waals surface area contributed by atoms with Gasteiger partial charge in [-0.1, -0.05) is 32.9 Å². The van der Waals surface area contributed by atoms with Crippen molar-refractivity contribution in [3.63, 3.8) is 0 Å². The van der Waals surface area contributed by atoms with Crippen molar-refractivity contribution in [2.75, 3.05) is 7.11 Å². The summed E-state index contributed by atoms with van der Waals surface area (Å²) in [7, 11) is 1.74. The second-order valence-electron chi connectivity index (χ2n) is 6.15. The standard InChI is InChI=1S/C16H27NO/c1-12(17)7-6-8-13-11-14(16(2,3)4)9-10-15(13)18-5/h9-12H,6-8,17H2,1-5H3. The van der Waals surface area contributed by atoms with Gasteiger partial charge in [-0.3, -0.25) is 0 Å². The predicted molar refractivity (Wildman–Crippen MR) is 78.3 cm³/mol. The minimum atomic E-state index is 0.183. The molecule has 0 fully saturated rings. The van der Waals surface area contributed by atoms with Crippen LogP contribution in [-0.4, -0.2) is 13.2 Å². The molecular weight excluding hydrogens is 222 g/mol. The molecule has 102 valence electrons. The largest absolute Gasteiger partial charge is 0.496 e. The lowest BCUT2D eigenvalue weighted by Gasteiger charge is -2.21. The Labute approximate surface area is 112 Å². The van der Waals surface area contributed by atoms with Crippen molar-refractivity contribution in [3.8, 4) is 5.75 Å². The van der Waals surface area contributed by atoms with E-state index in [2.05, 4.69) is 45.9 Å². The molecule has 1 atom stereocenters. The first-order chi connectivity index (χ1) is 8.34. The Balaban J connectivity index is 2.86. The zero-order chi connectivity index (χ0) is 13.8. The van der Waals surface area contributed by atoms with E-state index < -0.39 is 0 Å². The third-order valence-corrected chi connectivity index (χ3v) is 3.25. The summed E-state index contributed by atoms with van der Waals surface area (Å²) in [6.45, 7) is 8.77. The molecule has 2 heteroatoms. The fourth-order valence-electron chi connectivity index (χ4n) is 2.05. The number of hydrogen-bond donors (Lipinski definition) is 1. The number of methoxy groups -OCH3 is 1. The lowest BCUT2D eigenvalue weighted by molar-refractivity contribution is 0.407. The topological polar surface area (TPSA) is 35.2 Å². The monoisotopic (exact) mass is 249 g/mol. The molecule has 2 nitrogen and oxygen atoms in total. The van der Waals surface area contributed by atoms with Crippen LogP contribution in [-0.2, 0) is 11.8 Å². The molecule has 0 saturated heterocycles. The van der Waals surface area contributed by atoms with Crippen LogP contribution >= 0.6 is 0 Å². The average Bonchev–Trinajstić information content (AvgIpc) is 2.27. The smallest absolute Gasteiger partial charge is 0.122 e. The second-order valence-corrected chi connectivity index (χ2v) is 6.15. The van der Waals surface area contributed by atoms with E-state index in [1.54, 1.807) is 7.11 Å². The van der Waals surface area contributed by atoms with E-state index in [9.17, 15) is 0 Å². The molecule has 0 aliphatic heterocycles. The molecular formula is C16H27NO. The zero-order valence-electron chi connectivity index (χ0n) is 12.4. The molecule has 0 aromatic heterocycles. The van der Waals surface area contributed by atoms with Crippen molar-refractivity contribution in [1.29, 1.82) is 0 Å². The van der Waals surface area contributed by atoms with Gasteiger partial charge in [0, 0.05) is 6.04 Å². The van der Waals surface area contributed by atoms with Crippen LogP contribution in [0.25, 0.3) is 0 Å². The van der Waals surface area contributed by atoms with E-state index in [4.69, 9.17) is 10.5 Å². The van der Waals surface area contributed by atoms with Gasteiger partial charge in [0.1, 0.15) is 5.75 Å². The highest BCUT2D eigenvalue weighted by atomic mass is 16.5. The molecule has 0 aliphatic carbocycles. The van der Waals surface area contributed by atoms with Gasteiger partial charge in [0.15, 0.2) is 0 Å². The molecule has 1 rings (SSSR count). The van der Waals surface area contributed by atoms with Gasteiger partial charge in [-0.15, -0.1) is 0 Å². The number of hydrogen-bond acceptors (Lipinski definition) is 2. The summed E-state index contributed by atoms with van der Waals surface area (Å²) in [4.78, 5) is 0. The minimum absolute atomic E-state index is 0.183. The van der Waals surface area contributed by atoms with Gasteiger partial charge in [0.2, 0.25) is 0 Å². The van der Waals surface area contributed by atoms with Crippen molar-refractivity contribution >= 4 is 0 Å². The first-order valence-corrected chi connectivity index (χ1v) is 6.77. The molecule has 0 amide bonds. The SMILES string of the molecule is COc1ccc(C(C)(C)C)cc1CCCC(C)N. The highest BCUT2D eigenvalue weighted by Gasteiger charge is 2.15. The quantitative estimate of drug-likeness (QED) is 0.864. The summed E-state index contributed by atoms with van der Waals surface area (Å²) in [5.74, 6) is 0.993. The zero-order valence-corrected chi connectivity index (χ0v) is 12.4. The van der Waals surface area contributed by atoms with E-state index in [1.165, 1.54) is 11.1 Å². The summed E-state index contributed by atoms with van der Waals surface area (Å²) >= 11 is 0. The number of benzene rings is 1. The minimum Gasteiger partial charge on any atom is -0.496 e. The lowest BCUT2D eigenvalue weighted by Crippen LogP contribution is -2.15. The predicted octanol–water partition coefficient (Wildman–Crippen LogP) is 3.66. The number of nitrogens with two attached hydrogens (primary N) is 1. The Kier molecular flexibility index (Phi) is 5.21. The van der Waals surface area contributed by atoms with Crippen LogP contribution in [0, 0.1) is 0 Å². The molecule has 1 aromatic carbocycles. The fourth-order valence-corrected chi connectivity index (χ4v) is 2.05. The number of ether oxygens (including phenoxy) is 1. The second kappa shape index (κ2) is 6.24. The van der Waals surface area contributed by atoms with Crippen molar-refractivity contribution in [2.45, 2.75) is 58.4 Å². The van der Waals surface area contributed by atoms with E-state index in [0.29, 0.717) is 0 Å². The molecule has 0 bridgehead atoms. The van der Waals surface area contributed by atoms with E-state index >= 15 is 0 Å². The third-order valence-electron chi connectivity index (χ3n) is 3.25. The van der Waals surface area contributed by atoms with E-state index in [1.807, 2.05) is 0 Å². The summed E-state index contributed by atoms with van der Waals surface area (Å²) in [6, 6.07) is 6.80. The molecule has 0 aliphatic rings. The number of aryl methyl sites for hydroxylation is 1. The fraction of sp³-hybridized carbons (Fsp3) is 0.625.